The van der Waals surface area contributed by atoms with Gasteiger partial charge in [-0.3, -0.25) is 16.0 Å². The summed E-state index contributed by atoms with van der Waals surface area (Å²) in [6.07, 6.45) is 6.21. The fourth-order valence-corrected chi connectivity index (χ4v) is 3.10. The van der Waals surface area contributed by atoms with Crippen LogP contribution in [0, 0.1) is 22.0 Å². The third-order valence-electron chi connectivity index (χ3n) is 4.50. The summed E-state index contributed by atoms with van der Waals surface area (Å²) in [5.41, 5.74) is 3.27. The largest absolute Gasteiger partial charge is 0.379 e. The number of nitrogen functional groups attached to an aromatic ring is 1. The first kappa shape index (κ1) is 15.6. The van der Waals surface area contributed by atoms with E-state index >= 15 is 0 Å². The van der Waals surface area contributed by atoms with Gasteiger partial charge in [-0.15, -0.1) is 0 Å². The van der Waals surface area contributed by atoms with E-state index < -0.39 is 4.92 Å². The highest BCUT2D eigenvalue weighted by molar-refractivity contribution is 5.75. The van der Waals surface area contributed by atoms with E-state index in [4.69, 9.17) is 5.84 Å². The van der Waals surface area contributed by atoms with Gasteiger partial charge >= 0.3 is 5.69 Å². The van der Waals surface area contributed by atoms with E-state index in [9.17, 15) is 10.1 Å². The lowest BCUT2D eigenvalue weighted by Gasteiger charge is -2.28. The minimum absolute atomic E-state index is 0.0160. The van der Waals surface area contributed by atoms with Gasteiger partial charge in [-0.25, -0.2) is 0 Å². The Kier molecular flexibility index (Phi) is 5.38. The second-order valence-corrected chi connectivity index (χ2v) is 5.78. The number of hydrogen-bond donors (Lipinski definition) is 3. The molecule has 21 heavy (non-hydrogen) atoms. The van der Waals surface area contributed by atoms with Gasteiger partial charge < -0.3 is 10.7 Å². The first-order valence-electron chi connectivity index (χ1n) is 7.63. The zero-order valence-corrected chi connectivity index (χ0v) is 12.5. The minimum Gasteiger partial charge on any atom is -0.379 e. The summed E-state index contributed by atoms with van der Waals surface area (Å²) < 4.78 is 0. The first-order chi connectivity index (χ1) is 10.2. The van der Waals surface area contributed by atoms with Gasteiger partial charge in [0.05, 0.1) is 4.92 Å². The zero-order valence-electron chi connectivity index (χ0n) is 12.5. The molecular weight excluding hydrogens is 268 g/mol. The molecule has 116 valence electrons. The Bertz CT molecular complexity index is 485. The molecule has 0 aromatic heterocycles. The molecule has 0 spiro atoms. The predicted molar refractivity (Wildman–Crippen MR) is 85.1 cm³/mol. The van der Waals surface area contributed by atoms with E-state index in [2.05, 4.69) is 17.7 Å². The molecule has 4 N–H and O–H groups in total. The van der Waals surface area contributed by atoms with Crippen LogP contribution in [0.15, 0.2) is 18.2 Å². The van der Waals surface area contributed by atoms with E-state index in [1.165, 1.54) is 32.1 Å². The number of nitrogens with two attached hydrogens (primary N) is 1. The molecule has 2 rings (SSSR count). The fourth-order valence-electron chi connectivity index (χ4n) is 3.10. The molecule has 0 atom stereocenters. The van der Waals surface area contributed by atoms with Crippen molar-refractivity contribution < 1.29 is 4.92 Å². The van der Waals surface area contributed by atoms with Crippen molar-refractivity contribution in [3.63, 3.8) is 0 Å². The summed E-state index contributed by atoms with van der Waals surface area (Å²) >= 11 is 0. The maximum absolute atomic E-state index is 11.2. The summed E-state index contributed by atoms with van der Waals surface area (Å²) in [7, 11) is 0. The van der Waals surface area contributed by atoms with Crippen LogP contribution in [0.1, 0.15) is 39.0 Å². The molecule has 1 aliphatic rings. The van der Waals surface area contributed by atoms with Crippen molar-refractivity contribution in [2.75, 3.05) is 17.3 Å². The summed E-state index contributed by atoms with van der Waals surface area (Å²) in [5, 5.41) is 14.4. The quantitative estimate of drug-likeness (QED) is 0.424. The molecule has 1 aromatic carbocycles. The van der Waals surface area contributed by atoms with Gasteiger partial charge in [-0.2, -0.15) is 0 Å². The Morgan fingerprint density at radius 3 is 2.43 bits per heavy atom. The van der Waals surface area contributed by atoms with Crippen LogP contribution in [0.4, 0.5) is 17.1 Å². The van der Waals surface area contributed by atoms with E-state index in [1.54, 1.807) is 18.2 Å². The number of benzene rings is 1. The molecule has 0 bridgehead atoms. The topological polar surface area (TPSA) is 93.2 Å². The third-order valence-corrected chi connectivity index (χ3v) is 4.50. The highest BCUT2D eigenvalue weighted by Crippen LogP contribution is 2.34. The summed E-state index contributed by atoms with van der Waals surface area (Å²) in [6.45, 7) is 3.03. The van der Waals surface area contributed by atoms with Gasteiger partial charge in [0.2, 0.25) is 0 Å². The van der Waals surface area contributed by atoms with E-state index in [1.807, 2.05) is 0 Å². The van der Waals surface area contributed by atoms with E-state index in [0.717, 1.165) is 12.5 Å². The van der Waals surface area contributed by atoms with Crippen molar-refractivity contribution in [1.82, 2.24) is 0 Å². The number of para-hydroxylation sites is 1. The number of hydrogen-bond acceptors (Lipinski definition) is 5. The van der Waals surface area contributed by atoms with Crippen LogP contribution >= 0.6 is 0 Å². The van der Waals surface area contributed by atoms with E-state index in [0.29, 0.717) is 17.3 Å². The molecular formula is C15H24N4O2. The zero-order chi connectivity index (χ0) is 15.2. The fraction of sp³-hybridized carbons (Fsp3) is 0.600. The minimum atomic E-state index is -0.397. The number of nitrogens with one attached hydrogen (secondary N) is 2. The second-order valence-electron chi connectivity index (χ2n) is 5.78. The Hall–Kier alpha value is -1.82. The van der Waals surface area contributed by atoms with Crippen LogP contribution in [0.3, 0.4) is 0 Å². The Morgan fingerprint density at radius 2 is 1.86 bits per heavy atom. The molecule has 1 fully saturated rings. The molecule has 0 unspecified atom stereocenters. The van der Waals surface area contributed by atoms with Crippen molar-refractivity contribution in [1.29, 1.82) is 0 Å². The lowest BCUT2D eigenvalue weighted by Crippen LogP contribution is -2.21. The summed E-state index contributed by atoms with van der Waals surface area (Å²) in [4.78, 5) is 10.8. The molecule has 1 aliphatic carbocycles. The van der Waals surface area contributed by atoms with Crippen molar-refractivity contribution in [2.24, 2.45) is 17.7 Å². The Morgan fingerprint density at radius 1 is 1.24 bits per heavy atom. The SMILES string of the molecule is CCC1CCC(CNc2cccc(NN)c2[N+](=O)[O-])CC1. The number of hydrazine groups is 1. The molecule has 6 heteroatoms. The second kappa shape index (κ2) is 7.26. The average molecular weight is 292 g/mol. The van der Waals surface area contributed by atoms with Crippen LogP contribution in [0.25, 0.3) is 0 Å². The van der Waals surface area contributed by atoms with Crippen LogP contribution < -0.4 is 16.6 Å². The Balaban J connectivity index is 1.99. The molecule has 1 saturated carbocycles. The molecule has 6 nitrogen and oxygen atoms in total. The lowest BCUT2D eigenvalue weighted by atomic mass is 9.81. The van der Waals surface area contributed by atoms with Gasteiger partial charge in [0.1, 0.15) is 11.4 Å². The van der Waals surface area contributed by atoms with Gasteiger partial charge in [0, 0.05) is 6.54 Å². The molecule has 0 aliphatic heterocycles. The molecule has 0 radical (unpaired) electrons. The number of nitrogens with zero attached hydrogens (tertiary/aromatic N) is 1. The first-order valence-corrected chi connectivity index (χ1v) is 7.63. The number of nitro groups is 1. The summed E-state index contributed by atoms with van der Waals surface area (Å²) in [6, 6.07) is 5.10. The van der Waals surface area contributed by atoms with Gasteiger partial charge in [-0.1, -0.05) is 32.3 Å². The average Bonchev–Trinajstić information content (AvgIpc) is 2.52. The predicted octanol–water partition coefficient (Wildman–Crippen LogP) is 3.51. The highest BCUT2D eigenvalue weighted by Gasteiger charge is 2.22. The van der Waals surface area contributed by atoms with Crippen LogP contribution in [0.2, 0.25) is 0 Å². The maximum Gasteiger partial charge on any atom is 0.316 e. The standard InChI is InChI=1S/C15H24N4O2/c1-2-11-6-8-12(9-7-11)10-17-13-4-3-5-14(18-16)15(13)19(20)21/h3-5,11-12,17-18H,2,6-10,16H2,1H3. The van der Waals surface area contributed by atoms with Crippen molar-refractivity contribution in [3.05, 3.63) is 28.3 Å². The lowest BCUT2D eigenvalue weighted by molar-refractivity contribution is -0.383. The number of rotatable bonds is 6. The van der Waals surface area contributed by atoms with Crippen LogP contribution in [-0.4, -0.2) is 11.5 Å². The van der Waals surface area contributed by atoms with Crippen molar-refractivity contribution in [3.8, 4) is 0 Å². The normalized spacial score (nSPS) is 21.8. The number of nitro benzene ring substituents is 1. The van der Waals surface area contributed by atoms with Gasteiger partial charge in [-0.05, 0) is 36.8 Å². The molecule has 1 aromatic rings. The van der Waals surface area contributed by atoms with E-state index in [-0.39, 0.29) is 5.69 Å². The number of anilines is 2. The van der Waals surface area contributed by atoms with Gasteiger partial charge in [0.15, 0.2) is 0 Å². The van der Waals surface area contributed by atoms with Gasteiger partial charge in [0.25, 0.3) is 0 Å². The Labute approximate surface area is 125 Å². The van der Waals surface area contributed by atoms with Crippen LogP contribution in [-0.2, 0) is 0 Å². The molecule has 0 amide bonds. The maximum atomic E-state index is 11.2. The monoisotopic (exact) mass is 292 g/mol. The smallest absolute Gasteiger partial charge is 0.316 e. The van der Waals surface area contributed by atoms with Crippen molar-refractivity contribution >= 4 is 17.1 Å². The highest BCUT2D eigenvalue weighted by atomic mass is 16.6. The molecule has 0 heterocycles. The summed E-state index contributed by atoms with van der Waals surface area (Å²) in [5.74, 6) is 6.81. The van der Waals surface area contributed by atoms with Crippen molar-refractivity contribution in [2.45, 2.75) is 39.0 Å². The molecule has 0 saturated heterocycles. The third kappa shape index (κ3) is 3.85. The van der Waals surface area contributed by atoms with Crippen LogP contribution in [0.5, 0.6) is 0 Å².